The predicted octanol–water partition coefficient (Wildman–Crippen LogP) is 3.91. The van der Waals surface area contributed by atoms with Gasteiger partial charge in [0, 0.05) is 37.8 Å². The second-order valence-electron chi connectivity index (χ2n) is 7.05. The smallest absolute Gasteiger partial charge is 0.221 e. The molecule has 1 heterocycles. The summed E-state index contributed by atoms with van der Waals surface area (Å²) in [7, 11) is 1.90. The number of imidazole rings is 1. The number of aryl methyl sites for hydroxylation is 3. The van der Waals surface area contributed by atoms with Gasteiger partial charge in [-0.25, -0.2) is 4.98 Å². The zero-order valence-electron chi connectivity index (χ0n) is 16.5. The van der Waals surface area contributed by atoms with Gasteiger partial charge in [0.15, 0.2) is 5.78 Å². The Morgan fingerprint density at radius 3 is 2.50 bits per heavy atom. The van der Waals surface area contributed by atoms with Crippen LogP contribution in [0.25, 0.3) is 0 Å². The van der Waals surface area contributed by atoms with Crippen molar-refractivity contribution in [3.63, 3.8) is 0 Å². The number of hydrogen-bond donors (Lipinski definition) is 1. The molecule has 0 radical (unpaired) electrons. The summed E-state index contributed by atoms with van der Waals surface area (Å²) >= 11 is 0. The summed E-state index contributed by atoms with van der Waals surface area (Å²) in [5, 5.41) is 3.03. The van der Waals surface area contributed by atoms with E-state index in [1.165, 1.54) is 0 Å². The van der Waals surface area contributed by atoms with Crippen LogP contribution in [-0.2, 0) is 11.8 Å². The minimum atomic E-state index is -0.357. The number of benzene rings is 2. The van der Waals surface area contributed by atoms with Crippen LogP contribution in [0.3, 0.4) is 0 Å². The topological polar surface area (TPSA) is 64.0 Å². The lowest BCUT2D eigenvalue weighted by Crippen LogP contribution is -2.31. The Kier molecular flexibility index (Phi) is 6.04. The molecule has 0 aliphatic heterocycles. The van der Waals surface area contributed by atoms with E-state index in [2.05, 4.69) is 10.3 Å². The fourth-order valence-corrected chi connectivity index (χ4v) is 3.23. The average Bonchev–Trinajstić information content (AvgIpc) is 3.12. The van der Waals surface area contributed by atoms with Gasteiger partial charge in [-0.3, -0.25) is 9.59 Å². The molecule has 3 rings (SSSR count). The van der Waals surface area contributed by atoms with Crippen molar-refractivity contribution in [1.82, 2.24) is 14.9 Å². The Labute approximate surface area is 165 Å². The highest BCUT2D eigenvalue weighted by Gasteiger charge is 2.21. The lowest BCUT2D eigenvalue weighted by molar-refractivity contribution is -0.121. The first kappa shape index (κ1) is 19.5. The molecule has 0 bridgehead atoms. The molecule has 1 aromatic heterocycles. The number of amides is 1. The van der Waals surface area contributed by atoms with Gasteiger partial charge in [0.2, 0.25) is 5.91 Å². The highest BCUT2D eigenvalue weighted by molar-refractivity contribution is 5.99. The first-order chi connectivity index (χ1) is 13.5. The van der Waals surface area contributed by atoms with E-state index in [0.29, 0.717) is 5.56 Å². The number of aromatic nitrogens is 2. The monoisotopic (exact) mass is 375 g/mol. The number of carbonyl (C=O) groups is 2. The maximum Gasteiger partial charge on any atom is 0.221 e. The molecule has 0 saturated heterocycles. The molecule has 0 unspecified atom stereocenters. The van der Waals surface area contributed by atoms with Crippen molar-refractivity contribution in [2.75, 3.05) is 0 Å². The van der Waals surface area contributed by atoms with E-state index in [-0.39, 0.29) is 30.6 Å². The van der Waals surface area contributed by atoms with Crippen LogP contribution in [0.5, 0.6) is 0 Å². The number of rotatable bonds is 7. The van der Waals surface area contributed by atoms with Gasteiger partial charge < -0.3 is 9.88 Å². The number of ketones is 1. The molecule has 0 aliphatic rings. The minimum absolute atomic E-state index is 0.00963. The summed E-state index contributed by atoms with van der Waals surface area (Å²) in [4.78, 5) is 29.6. The van der Waals surface area contributed by atoms with Crippen molar-refractivity contribution in [2.45, 2.75) is 32.7 Å². The van der Waals surface area contributed by atoms with E-state index in [9.17, 15) is 9.59 Å². The van der Waals surface area contributed by atoms with Crippen molar-refractivity contribution in [2.24, 2.45) is 7.05 Å². The van der Waals surface area contributed by atoms with Gasteiger partial charge in [-0.1, -0.05) is 48.0 Å². The maximum atomic E-state index is 12.6. The van der Waals surface area contributed by atoms with Gasteiger partial charge in [-0.2, -0.15) is 0 Å². The number of nitrogens with zero attached hydrogens (tertiary/aromatic N) is 2. The highest BCUT2D eigenvalue weighted by Crippen LogP contribution is 2.21. The normalized spacial score (nSPS) is 11.8. The lowest BCUT2D eigenvalue weighted by Gasteiger charge is -2.19. The summed E-state index contributed by atoms with van der Waals surface area (Å²) in [5.74, 6) is 0.570. The van der Waals surface area contributed by atoms with Crippen LogP contribution in [-0.4, -0.2) is 21.2 Å². The number of Topliss-reactive ketones (excluding diaryl/α,β-unsaturated/α-hetero) is 1. The molecule has 0 aliphatic carbocycles. The summed E-state index contributed by atoms with van der Waals surface area (Å²) < 4.78 is 1.89. The fraction of sp³-hybridized carbons (Fsp3) is 0.261. The largest absolute Gasteiger partial charge is 0.342 e. The van der Waals surface area contributed by atoms with Gasteiger partial charge >= 0.3 is 0 Å². The quantitative estimate of drug-likeness (QED) is 0.637. The first-order valence-electron chi connectivity index (χ1n) is 9.37. The summed E-state index contributed by atoms with van der Waals surface area (Å²) in [6.45, 7) is 3.87. The van der Waals surface area contributed by atoms with Crippen LogP contribution in [0.15, 0.2) is 60.9 Å². The molecule has 144 valence electrons. The fourth-order valence-electron chi connectivity index (χ4n) is 3.23. The van der Waals surface area contributed by atoms with Crippen molar-refractivity contribution in [3.05, 3.63) is 89.0 Å². The molecule has 5 nitrogen and oxygen atoms in total. The van der Waals surface area contributed by atoms with Crippen molar-refractivity contribution in [3.8, 4) is 0 Å². The van der Waals surface area contributed by atoms with E-state index < -0.39 is 0 Å². The zero-order valence-corrected chi connectivity index (χ0v) is 16.5. The lowest BCUT2D eigenvalue weighted by atomic mass is 9.99. The zero-order chi connectivity index (χ0) is 20.1. The third-order valence-electron chi connectivity index (χ3n) is 4.83. The molecule has 28 heavy (non-hydrogen) atoms. The molecule has 0 spiro atoms. The van der Waals surface area contributed by atoms with Crippen molar-refractivity contribution in [1.29, 1.82) is 0 Å². The molecule has 2 aromatic carbocycles. The third kappa shape index (κ3) is 4.55. The van der Waals surface area contributed by atoms with Gasteiger partial charge in [0.1, 0.15) is 11.9 Å². The molecular weight excluding hydrogens is 350 g/mol. The predicted molar refractivity (Wildman–Crippen MR) is 109 cm³/mol. The summed E-state index contributed by atoms with van der Waals surface area (Å²) in [6, 6.07) is 15.2. The third-order valence-corrected chi connectivity index (χ3v) is 4.83. The Hall–Kier alpha value is -3.21. The molecule has 3 aromatic rings. The Morgan fingerprint density at radius 1 is 1.07 bits per heavy atom. The van der Waals surface area contributed by atoms with Gasteiger partial charge in [0.05, 0.1) is 0 Å². The van der Waals surface area contributed by atoms with E-state index in [4.69, 9.17) is 0 Å². The average molecular weight is 375 g/mol. The Balaban J connectivity index is 1.70. The Morgan fingerprint density at radius 2 is 1.82 bits per heavy atom. The second kappa shape index (κ2) is 8.65. The van der Waals surface area contributed by atoms with E-state index in [1.54, 1.807) is 6.20 Å². The molecule has 1 N–H and O–H groups in total. The van der Waals surface area contributed by atoms with E-state index >= 15 is 0 Å². The SMILES string of the molecule is Cc1ccc(C)c(C(=O)CCC(=O)N[C@H](c2ccccc2)c2nccn2C)c1. The van der Waals surface area contributed by atoms with Crippen LogP contribution < -0.4 is 5.32 Å². The number of hydrogen-bond acceptors (Lipinski definition) is 3. The van der Waals surface area contributed by atoms with Crippen LogP contribution in [0.4, 0.5) is 0 Å². The first-order valence-corrected chi connectivity index (χ1v) is 9.37. The standard InChI is InChI=1S/C23H25N3O2/c1-16-9-10-17(2)19(15-16)20(27)11-12-21(28)25-22(18-7-5-4-6-8-18)23-24-13-14-26(23)3/h4-10,13-15,22H,11-12H2,1-3H3,(H,25,28)/t22-/m1/s1. The highest BCUT2D eigenvalue weighted by atomic mass is 16.2. The number of nitrogens with one attached hydrogen (secondary N) is 1. The van der Waals surface area contributed by atoms with Crippen LogP contribution >= 0.6 is 0 Å². The second-order valence-corrected chi connectivity index (χ2v) is 7.05. The molecule has 0 fully saturated rings. The van der Waals surface area contributed by atoms with Gasteiger partial charge in [0.25, 0.3) is 0 Å². The molecule has 0 saturated carbocycles. The van der Waals surface area contributed by atoms with E-state index in [0.717, 1.165) is 22.5 Å². The van der Waals surface area contributed by atoms with Crippen LogP contribution in [0.2, 0.25) is 0 Å². The van der Waals surface area contributed by atoms with Gasteiger partial charge in [-0.05, 0) is 31.0 Å². The van der Waals surface area contributed by atoms with E-state index in [1.807, 2.05) is 80.2 Å². The van der Waals surface area contributed by atoms with Crippen molar-refractivity contribution < 1.29 is 9.59 Å². The maximum absolute atomic E-state index is 12.6. The molecule has 5 heteroatoms. The molecule has 1 atom stereocenters. The molecular formula is C23H25N3O2. The summed E-state index contributed by atoms with van der Waals surface area (Å²) in [5.41, 5.74) is 3.62. The van der Waals surface area contributed by atoms with Crippen LogP contribution in [0.1, 0.15) is 51.8 Å². The number of carbonyl (C=O) groups excluding carboxylic acids is 2. The molecule has 1 amide bonds. The summed E-state index contributed by atoms with van der Waals surface area (Å²) in [6.07, 6.45) is 3.88. The van der Waals surface area contributed by atoms with Crippen molar-refractivity contribution >= 4 is 11.7 Å². The van der Waals surface area contributed by atoms with Crippen LogP contribution in [0, 0.1) is 13.8 Å². The minimum Gasteiger partial charge on any atom is -0.342 e. The Bertz CT molecular complexity index is 977. The van der Waals surface area contributed by atoms with Gasteiger partial charge in [-0.15, -0.1) is 0 Å².